The fraction of sp³-hybridized carbons (Fsp3) is 0.778. The van der Waals surface area contributed by atoms with E-state index in [4.69, 9.17) is 22.7 Å². The van der Waals surface area contributed by atoms with Crippen LogP contribution >= 0.6 is 12.2 Å². The quantitative estimate of drug-likeness (QED) is 0.541. The topological polar surface area (TPSA) is 55.6 Å². The number of esters is 1. The van der Waals surface area contributed by atoms with Gasteiger partial charge in [0.2, 0.25) is 0 Å². The van der Waals surface area contributed by atoms with Crippen molar-refractivity contribution >= 4 is 23.2 Å². The van der Waals surface area contributed by atoms with Gasteiger partial charge in [-0.3, -0.25) is 9.69 Å². The van der Waals surface area contributed by atoms with Crippen LogP contribution in [0, 0.1) is 0 Å². The van der Waals surface area contributed by atoms with Gasteiger partial charge in [-0.1, -0.05) is 12.2 Å². The van der Waals surface area contributed by atoms with Crippen LogP contribution < -0.4 is 5.73 Å². The van der Waals surface area contributed by atoms with Crippen LogP contribution in [-0.4, -0.2) is 42.1 Å². The van der Waals surface area contributed by atoms with Crippen molar-refractivity contribution in [2.75, 3.05) is 20.2 Å². The molecule has 0 spiro atoms. The summed E-state index contributed by atoms with van der Waals surface area (Å²) in [7, 11) is 1.42. The molecule has 0 amide bonds. The fourth-order valence-corrected chi connectivity index (χ4v) is 1.84. The molecule has 1 atom stereocenters. The lowest BCUT2D eigenvalue weighted by molar-refractivity contribution is -0.145. The molecule has 0 radical (unpaired) electrons. The lowest BCUT2D eigenvalue weighted by Crippen LogP contribution is -2.38. The number of rotatable bonds is 4. The predicted molar refractivity (Wildman–Crippen MR) is 58.0 cm³/mol. The highest BCUT2D eigenvalue weighted by molar-refractivity contribution is 7.80. The molecular weight excluding hydrogens is 200 g/mol. The summed E-state index contributed by atoms with van der Waals surface area (Å²) in [6.45, 7) is 1.69. The van der Waals surface area contributed by atoms with Crippen LogP contribution in [0.2, 0.25) is 0 Å². The van der Waals surface area contributed by atoms with Gasteiger partial charge in [-0.15, -0.1) is 0 Å². The molecule has 5 heteroatoms. The number of carbonyl (C=O) groups is 1. The summed E-state index contributed by atoms with van der Waals surface area (Å²) in [6.07, 6.45) is 2.59. The van der Waals surface area contributed by atoms with Gasteiger partial charge in [0.25, 0.3) is 0 Å². The molecule has 0 bridgehead atoms. The van der Waals surface area contributed by atoms with Crippen LogP contribution in [0.1, 0.15) is 19.3 Å². The number of thiocarbonyl (C=S) groups is 1. The lowest BCUT2D eigenvalue weighted by atomic mass is 10.2. The van der Waals surface area contributed by atoms with Crippen molar-refractivity contribution in [3.05, 3.63) is 0 Å². The van der Waals surface area contributed by atoms with E-state index < -0.39 is 0 Å². The Morgan fingerprint density at radius 1 is 1.71 bits per heavy atom. The van der Waals surface area contributed by atoms with E-state index in [2.05, 4.69) is 4.90 Å². The molecule has 0 saturated carbocycles. The Balaban J connectivity index is 2.42. The van der Waals surface area contributed by atoms with Crippen LogP contribution in [0.4, 0.5) is 0 Å². The van der Waals surface area contributed by atoms with Gasteiger partial charge in [-0.2, -0.15) is 0 Å². The lowest BCUT2D eigenvalue weighted by Gasteiger charge is -2.21. The van der Waals surface area contributed by atoms with Gasteiger partial charge in [0.1, 0.15) is 6.04 Å². The van der Waals surface area contributed by atoms with Crippen molar-refractivity contribution in [2.45, 2.75) is 25.3 Å². The number of nitrogens with zero attached hydrogens (tertiary/aromatic N) is 1. The van der Waals surface area contributed by atoms with Crippen LogP contribution in [0.5, 0.6) is 0 Å². The highest BCUT2D eigenvalue weighted by Crippen LogP contribution is 2.18. The SMILES string of the molecule is COC(=O)[C@H]1CCCN1CCC(N)=S. The Morgan fingerprint density at radius 3 is 3.00 bits per heavy atom. The van der Waals surface area contributed by atoms with E-state index in [-0.39, 0.29) is 12.0 Å². The van der Waals surface area contributed by atoms with Crippen LogP contribution in [0.25, 0.3) is 0 Å². The second kappa shape index (κ2) is 5.26. The Morgan fingerprint density at radius 2 is 2.43 bits per heavy atom. The zero-order chi connectivity index (χ0) is 10.6. The van der Waals surface area contributed by atoms with Gasteiger partial charge >= 0.3 is 5.97 Å². The smallest absolute Gasteiger partial charge is 0.323 e. The molecule has 1 aliphatic rings. The third-order valence-electron chi connectivity index (χ3n) is 2.48. The first-order valence-electron chi connectivity index (χ1n) is 4.75. The molecule has 14 heavy (non-hydrogen) atoms. The van der Waals surface area contributed by atoms with Gasteiger partial charge in [0.05, 0.1) is 12.1 Å². The summed E-state index contributed by atoms with van der Waals surface area (Å²) in [5.74, 6) is -0.148. The zero-order valence-electron chi connectivity index (χ0n) is 8.36. The summed E-state index contributed by atoms with van der Waals surface area (Å²) in [6, 6.07) is -0.0886. The molecule has 0 aromatic rings. The van der Waals surface area contributed by atoms with Gasteiger partial charge in [0.15, 0.2) is 0 Å². The number of ether oxygens (including phenoxy) is 1. The minimum Gasteiger partial charge on any atom is -0.468 e. The Labute approximate surface area is 89.4 Å². The van der Waals surface area contributed by atoms with Crippen molar-refractivity contribution in [2.24, 2.45) is 5.73 Å². The maximum atomic E-state index is 11.3. The third-order valence-corrected chi connectivity index (χ3v) is 2.69. The average Bonchev–Trinajstić information content (AvgIpc) is 2.61. The standard InChI is InChI=1S/C9H16N2O2S/c1-13-9(12)7-3-2-5-11(7)6-4-8(10)14/h7H,2-6H2,1H3,(H2,10,14)/t7-/m1/s1. The number of likely N-dealkylation sites (tertiary alicyclic amines) is 1. The average molecular weight is 216 g/mol. The van der Waals surface area contributed by atoms with E-state index in [9.17, 15) is 4.79 Å². The minimum absolute atomic E-state index is 0.0886. The van der Waals surface area contributed by atoms with Crippen molar-refractivity contribution < 1.29 is 9.53 Å². The normalized spacial score (nSPS) is 22.2. The van der Waals surface area contributed by atoms with E-state index >= 15 is 0 Å². The zero-order valence-corrected chi connectivity index (χ0v) is 9.18. The van der Waals surface area contributed by atoms with Crippen molar-refractivity contribution in [1.82, 2.24) is 4.90 Å². The Bertz CT molecular complexity index is 233. The maximum absolute atomic E-state index is 11.3. The molecule has 1 saturated heterocycles. The van der Waals surface area contributed by atoms with Gasteiger partial charge in [0, 0.05) is 13.0 Å². The molecule has 1 aliphatic heterocycles. The second-order valence-electron chi connectivity index (χ2n) is 3.43. The Kier molecular flexibility index (Phi) is 4.28. The molecule has 0 unspecified atom stereocenters. The predicted octanol–water partition coefficient (Wildman–Crippen LogP) is 0.300. The van der Waals surface area contributed by atoms with Gasteiger partial charge in [-0.25, -0.2) is 0 Å². The first-order chi connectivity index (χ1) is 6.65. The van der Waals surface area contributed by atoms with Crippen LogP contribution in [0.15, 0.2) is 0 Å². The molecule has 1 rings (SSSR count). The van der Waals surface area contributed by atoms with Crippen molar-refractivity contribution in [3.63, 3.8) is 0 Å². The van der Waals surface area contributed by atoms with E-state index in [0.717, 1.165) is 25.9 Å². The molecule has 80 valence electrons. The van der Waals surface area contributed by atoms with Crippen molar-refractivity contribution in [3.8, 4) is 0 Å². The summed E-state index contributed by atoms with van der Waals surface area (Å²) in [5.41, 5.74) is 5.41. The first kappa shape index (κ1) is 11.4. The fourth-order valence-electron chi connectivity index (χ4n) is 1.75. The molecule has 1 heterocycles. The number of nitrogens with two attached hydrogens (primary N) is 1. The van der Waals surface area contributed by atoms with E-state index in [1.165, 1.54) is 7.11 Å². The first-order valence-corrected chi connectivity index (χ1v) is 5.16. The molecule has 4 nitrogen and oxygen atoms in total. The Hall–Kier alpha value is -0.680. The number of methoxy groups -OCH3 is 1. The summed E-state index contributed by atoms with van der Waals surface area (Å²) >= 11 is 4.80. The van der Waals surface area contributed by atoms with Crippen LogP contribution in [0.3, 0.4) is 0 Å². The monoisotopic (exact) mass is 216 g/mol. The van der Waals surface area contributed by atoms with Crippen molar-refractivity contribution in [1.29, 1.82) is 0 Å². The van der Waals surface area contributed by atoms with E-state index in [1.54, 1.807) is 0 Å². The van der Waals surface area contributed by atoms with E-state index in [1.807, 2.05) is 0 Å². The molecule has 2 N–H and O–H groups in total. The van der Waals surface area contributed by atoms with Gasteiger partial charge < -0.3 is 10.5 Å². The maximum Gasteiger partial charge on any atom is 0.323 e. The number of hydrogen-bond donors (Lipinski definition) is 1. The van der Waals surface area contributed by atoms with E-state index in [0.29, 0.717) is 11.4 Å². The molecule has 0 aliphatic carbocycles. The largest absolute Gasteiger partial charge is 0.468 e. The summed E-state index contributed by atoms with van der Waals surface area (Å²) in [4.78, 5) is 13.9. The molecule has 0 aromatic heterocycles. The molecule has 0 aromatic carbocycles. The van der Waals surface area contributed by atoms with Gasteiger partial charge in [-0.05, 0) is 19.4 Å². The summed E-state index contributed by atoms with van der Waals surface area (Å²) < 4.78 is 4.73. The van der Waals surface area contributed by atoms with Crippen LogP contribution in [-0.2, 0) is 9.53 Å². The third kappa shape index (κ3) is 2.92. The molecule has 1 fully saturated rings. The molecular formula is C9H16N2O2S. The highest BCUT2D eigenvalue weighted by atomic mass is 32.1. The second-order valence-corrected chi connectivity index (χ2v) is 3.96. The highest BCUT2D eigenvalue weighted by Gasteiger charge is 2.30. The number of carbonyl (C=O) groups excluding carboxylic acids is 1. The number of hydrogen-bond acceptors (Lipinski definition) is 4. The minimum atomic E-state index is -0.148. The summed E-state index contributed by atoms with van der Waals surface area (Å²) in [5, 5.41) is 0.